The number of amides is 1. The summed E-state index contributed by atoms with van der Waals surface area (Å²) in [5, 5.41) is 0. The van der Waals surface area contributed by atoms with Gasteiger partial charge in [-0.3, -0.25) is 9.59 Å². The SMILES string of the molecule is COC(=O)C(C)COc1ccccc1C(N)=O. The third-order valence-electron chi connectivity index (χ3n) is 2.24. The molecule has 0 fully saturated rings. The maximum atomic E-state index is 11.2. The highest BCUT2D eigenvalue weighted by molar-refractivity contribution is 5.95. The number of para-hydroxylation sites is 1. The molecule has 0 aliphatic rings. The van der Waals surface area contributed by atoms with Crippen LogP contribution in [0, 0.1) is 5.92 Å². The normalized spacial score (nSPS) is 11.6. The maximum Gasteiger partial charge on any atom is 0.311 e. The maximum absolute atomic E-state index is 11.2. The number of nitrogens with two attached hydrogens (primary N) is 1. The molecule has 0 aliphatic carbocycles. The van der Waals surface area contributed by atoms with E-state index < -0.39 is 11.8 Å². The average Bonchev–Trinajstić information content (AvgIpc) is 2.35. The largest absolute Gasteiger partial charge is 0.492 e. The lowest BCUT2D eigenvalue weighted by Gasteiger charge is -2.12. The Morgan fingerprint density at radius 1 is 1.35 bits per heavy atom. The number of carbonyl (C=O) groups is 2. The number of primary amides is 1. The number of hydrogen-bond donors (Lipinski definition) is 1. The summed E-state index contributed by atoms with van der Waals surface area (Å²) in [6, 6.07) is 6.62. The second-order valence-corrected chi connectivity index (χ2v) is 3.60. The van der Waals surface area contributed by atoms with Crippen LogP contribution >= 0.6 is 0 Å². The molecule has 5 heteroatoms. The van der Waals surface area contributed by atoms with Crippen LogP contribution in [-0.2, 0) is 9.53 Å². The van der Waals surface area contributed by atoms with E-state index >= 15 is 0 Å². The van der Waals surface area contributed by atoms with Crippen molar-refractivity contribution in [3.05, 3.63) is 29.8 Å². The Morgan fingerprint density at radius 3 is 2.59 bits per heavy atom. The quantitative estimate of drug-likeness (QED) is 0.774. The number of ether oxygens (including phenoxy) is 2. The van der Waals surface area contributed by atoms with Crippen molar-refractivity contribution >= 4 is 11.9 Å². The summed E-state index contributed by atoms with van der Waals surface area (Å²) in [6.45, 7) is 1.82. The first-order chi connectivity index (χ1) is 8.06. The van der Waals surface area contributed by atoms with Crippen LogP contribution in [0.4, 0.5) is 0 Å². The summed E-state index contributed by atoms with van der Waals surface area (Å²) in [7, 11) is 1.32. The van der Waals surface area contributed by atoms with E-state index in [0.29, 0.717) is 11.3 Å². The van der Waals surface area contributed by atoms with E-state index in [1.165, 1.54) is 7.11 Å². The molecule has 0 spiro atoms. The fourth-order valence-corrected chi connectivity index (χ4v) is 1.28. The molecule has 0 heterocycles. The topological polar surface area (TPSA) is 78.6 Å². The summed E-state index contributed by atoms with van der Waals surface area (Å²) < 4.78 is 9.95. The first-order valence-electron chi connectivity index (χ1n) is 5.15. The van der Waals surface area contributed by atoms with Crippen LogP contribution < -0.4 is 10.5 Å². The van der Waals surface area contributed by atoms with Crippen molar-refractivity contribution in [3.63, 3.8) is 0 Å². The van der Waals surface area contributed by atoms with E-state index in [2.05, 4.69) is 4.74 Å². The van der Waals surface area contributed by atoms with Gasteiger partial charge in [0, 0.05) is 0 Å². The van der Waals surface area contributed by atoms with Gasteiger partial charge in [0.1, 0.15) is 12.4 Å². The van der Waals surface area contributed by atoms with Crippen molar-refractivity contribution < 1.29 is 19.1 Å². The van der Waals surface area contributed by atoms with Gasteiger partial charge in [0.15, 0.2) is 0 Å². The van der Waals surface area contributed by atoms with Crippen LogP contribution in [0.2, 0.25) is 0 Å². The second-order valence-electron chi connectivity index (χ2n) is 3.60. The molecule has 0 aromatic heterocycles. The number of benzene rings is 1. The summed E-state index contributed by atoms with van der Waals surface area (Å²) >= 11 is 0. The molecule has 2 N–H and O–H groups in total. The predicted octanol–water partition coefficient (Wildman–Crippen LogP) is 0.973. The molecule has 92 valence electrons. The Bertz CT molecular complexity index is 417. The fraction of sp³-hybridized carbons (Fsp3) is 0.333. The van der Waals surface area contributed by atoms with Crippen LogP contribution in [0.3, 0.4) is 0 Å². The van der Waals surface area contributed by atoms with Gasteiger partial charge in [0.25, 0.3) is 5.91 Å². The Hall–Kier alpha value is -2.04. The standard InChI is InChI=1S/C12H15NO4/c1-8(12(15)16-2)7-17-10-6-4-3-5-9(10)11(13)14/h3-6,8H,7H2,1-2H3,(H2,13,14). The molecule has 1 amide bonds. The van der Waals surface area contributed by atoms with Gasteiger partial charge in [-0.1, -0.05) is 12.1 Å². The van der Waals surface area contributed by atoms with Crippen molar-refractivity contribution in [1.82, 2.24) is 0 Å². The predicted molar refractivity (Wildman–Crippen MR) is 61.6 cm³/mol. The summed E-state index contributed by atoms with van der Waals surface area (Å²) in [4.78, 5) is 22.3. The number of hydrogen-bond acceptors (Lipinski definition) is 4. The molecule has 0 saturated heterocycles. The van der Waals surface area contributed by atoms with Crippen molar-refractivity contribution in [1.29, 1.82) is 0 Å². The van der Waals surface area contributed by atoms with Gasteiger partial charge >= 0.3 is 5.97 Å². The minimum atomic E-state index is -0.564. The van der Waals surface area contributed by atoms with Crippen LogP contribution in [0.15, 0.2) is 24.3 Å². The minimum absolute atomic E-state index is 0.136. The van der Waals surface area contributed by atoms with Crippen molar-refractivity contribution in [2.75, 3.05) is 13.7 Å². The highest BCUT2D eigenvalue weighted by Gasteiger charge is 2.15. The molecule has 0 radical (unpaired) electrons. The van der Waals surface area contributed by atoms with E-state index in [1.807, 2.05) is 0 Å². The molecule has 5 nitrogen and oxygen atoms in total. The van der Waals surface area contributed by atoms with Gasteiger partial charge in [-0.25, -0.2) is 0 Å². The first-order valence-corrected chi connectivity index (χ1v) is 5.15. The molecule has 0 aliphatic heterocycles. The highest BCUT2D eigenvalue weighted by atomic mass is 16.5. The first kappa shape index (κ1) is 13.0. The molecule has 1 aromatic carbocycles. The summed E-state index contributed by atoms with van der Waals surface area (Å²) in [6.07, 6.45) is 0. The Balaban J connectivity index is 2.69. The molecule has 1 aromatic rings. The lowest BCUT2D eigenvalue weighted by molar-refractivity contribution is -0.145. The number of esters is 1. The molecule has 17 heavy (non-hydrogen) atoms. The zero-order valence-electron chi connectivity index (χ0n) is 9.80. The minimum Gasteiger partial charge on any atom is -0.492 e. The fourth-order valence-electron chi connectivity index (χ4n) is 1.28. The molecular weight excluding hydrogens is 222 g/mol. The Morgan fingerprint density at radius 2 is 2.00 bits per heavy atom. The van der Waals surface area contributed by atoms with Crippen molar-refractivity contribution in [2.45, 2.75) is 6.92 Å². The molecular formula is C12H15NO4. The average molecular weight is 237 g/mol. The third-order valence-corrected chi connectivity index (χ3v) is 2.24. The molecule has 1 unspecified atom stereocenters. The third kappa shape index (κ3) is 3.48. The second kappa shape index (κ2) is 5.89. The van der Waals surface area contributed by atoms with E-state index in [1.54, 1.807) is 31.2 Å². The lowest BCUT2D eigenvalue weighted by Crippen LogP contribution is -2.21. The van der Waals surface area contributed by atoms with Gasteiger partial charge in [0.2, 0.25) is 0 Å². The van der Waals surface area contributed by atoms with Crippen LogP contribution in [-0.4, -0.2) is 25.6 Å². The highest BCUT2D eigenvalue weighted by Crippen LogP contribution is 2.18. The van der Waals surface area contributed by atoms with Crippen LogP contribution in [0.25, 0.3) is 0 Å². The van der Waals surface area contributed by atoms with E-state index in [0.717, 1.165) is 0 Å². The van der Waals surface area contributed by atoms with Crippen molar-refractivity contribution in [2.24, 2.45) is 11.7 Å². The molecule has 0 saturated carbocycles. The van der Waals surface area contributed by atoms with Gasteiger partial charge in [-0.2, -0.15) is 0 Å². The van der Waals surface area contributed by atoms with Crippen LogP contribution in [0.5, 0.6) is 5.75 Å². The van der Waals surface area contributed by atoms with E-state index in [9.17, 15) is 9.59 Å². The molecule has 1 atom stereocenters. The smallest absolute Gasteiger partial charge is 0.311 e. The number of methoxy groups -OCH3 is 1. The summed E-state index contributed by atoms with van der Waals surface area (Å²) in [5.41, 5.74) is 5.49. The van der Waals surface area contributed by atoms with Gasteiger partial charge < -0.3 is 15.2 Å². The van der Waals surface area contributed by atoms with Gasteiger partial charge in [-0.05, 0) is 19.1 Å². The lowest BCUT2D eigenvalue weighted by atomic mass is 10.2. The summed E-state index contributed by atoms with van der Waals surface area (Å²) in [5.74, 6) is -0.954. The Labute approximate surface area is 99.5 Å². The van der Waals surface area contributed by atoms with Crippen molar-refractivity contribution in [3.8, 4) is 5.75 Å². The monoisotopic (exact) mass is 237 g/mol. The van der Waals surface area contributed by atoms with Gasteiger partial charge in [0.05, 0.1) is 18.6 Å². The zero-order chi connectivity index (χ0) is 12.8. The molecule has 1 rings (SSSR count). The molecule has 0 bridgehead atoms. The van der Waals surface area contributed by atoms with Crippen LogP contribution in [0.1, 0.15) is 17.3 Å². The number of carbonyl (C=O) groups excluding carboxylic acids is 2. The van der Waals surface area contributed by atoms with E-state index in [4.69, 9.17) is 10.5 Å². The van der Waals surface area contributed by atoms with E-state index in [-0.39, 0.29) is 12.6 Å². The van der Waals surface area contributed by atoms with Gasteiger partial charge in [-0.15, -0.1) is 0 Å². The Kier molecular flexibility index (Phi) is 4.51. The zero-order valence-corrected chi connectivity index (χ0v) is 9.80. The number of rotatable bonds is 5.